The van der Waals surface area contributed by atoms with E-state index < -0.39 is 0 Å². The van der Waals surface area contributed by atoms with Gasteiger partial charge in [-0.1, -0.05) is 19.8 Å². The van der Waals surface area contributed by atoms with Gasteiger partial charge in [0.1, 0.15) is 5.82 Å². The molecule has 0 aliphatic heterocycles. The zero-order valence-corrected chi connectivity index (χ0v) is 12.1. The minimum Gasteiger partial charge on any atom is -0.399 e. The molecule has 0 bridgehead atoms. The number of hydrogen-bond donors (Lipinski definition) is 1. The Bertz CT molecular complexity index is 593. The predicted octanol–water partition coefficient (Wildman–Crippen LogP) is 3.12. The standard InChI is InChI=1S/C14H20FN5/c1-4-5-6-10(3)20-14(17-18-19-20)12-8-11(16)7-9(2)13(12)15/h7-8,10H,4-6,16H2,1-3H3. The van der Waals surface area contributed by atoms with E-state index in [4.69, 9.17) is 5.73 Å². The molecule has 0 aliphatic carbocycles. The van der Waals surface area contributed by atoms with Crippen LogP contribution in [0.5, 0.6) is 0 Å². The van der Waals surface area contributed by atoms with Crippen molar-refractivity contribution in [3.8, 4) is 11.4 Å². The first kappa shape index (κ1) is 14.4. The molecular formula is C14H20FN5. The fourth-order valence-corrected chi connectivity index (χ4v) is 2.25. The molecule has 0 spiro atoms. The van der Waals surface area contributed by atoms with Gasteiger partial charge >= 0.3 is 0 Å². The van der Waals surface area contributed by atoms with Crippen LogP contribution in [0.2, 0.25) is 0 Å². The first-order valence-electron chi connectivity index (χ1n) is 6.88. The van der Waals surface area contributed by atoms with Crippen LogP contribution in [0.15, 0.2) is 12.1 Å². The number of nitrogens with zero attached hydrogens (tertiary/aromatic N) is 4. The summed E-state index contributed by atoms with van der Waals surface area (Å²) in [5.41, 5.74) is 7.16. The summed E-state index contributed by atoms with van der Waals surface area (Å²) in [5, 5.41) is 11.6. The van der Waals surface area contributed by atoms with Crippen molar-refractivity contribution < 1.29 is 4.39 Å². The van der Waals surface area contributed by atoms with E-state index in [0.29, 0.717) is 22.6 Å². The quantitative estimate of drug-likeness (QED) is 0.852. The number of aromatic nitrogens is 4. The fourth-order valence-electron chi connectivity index (χ4n) is 2.25. The van der Waals surface area contributed by atoms with Gasteiger partial charge in [-0.15, -0.1) is 5.10 Å². The molecule has 1 aromatic carbocycles. The molecule has 2 N–H and O–H groups in total. The molecule has 0 amide bonds. The highest BCUT2D eigenvalue weighted by atomic mass is 19.1. The summed E-state index contributed by atoms with van der Waals surface area (Å²) in [5.74, 6) is 0.111. The number of aryl methyl sites for hydroxylation is 1. The molecule has 5 nitrogen and oxygen atoms in total. The Morgan fingerprint density at radius 1 is 1.40 bits per heavy atom. The van der Waals surface area contributed by atoms with E-state index in [1.165, 1.54) is 0 Å². The largest absolute Gasteiger partial charge is 0.399 e. The summed E-state index contributed by atoms with van der Waals surface area (Å²) in [6.07, 6.45) is 3.14. The van der Waals surface area contributed by atoms with Crippen molar-refractivity contribution in [2.75, 3.05) is 5.73 Å². The Morgan fingerprint density at radius 2 is 2.15 bits per heavy atom. The van der Waals surface area contributed by atoms with Crippen LogP contribution in [-0.2, 0) is 0 Å². The highest BCUT2D eigenvalue weighted by Gasteiger charge is 2.19. The van der Waals surface area contributed by atoms with E-state index in [2.05, 4.69) is 22.4 Å². The van der Waals surface area contributed by atoms with E-state index in [-0.39, 0.29) is 11.9 Å². The Kier molecular flexibility index (Phi) is 4.32. The maximum Gasteiger partial charge on any atom is 0.185 e. The molecule has 0 radical (unpaired) electrons. The van der Waals surface area contributed by atoms with Crippen LogP contribution < -0.4 is 5.73 Å². The van der Waals surface area contributed by atoms with Crippen LogP contribution in [0.25, 0.3) is 11.4 Å². The van der Waals surface area contributed by atoms with Crippen LogP contribution in [-0.4, -0.2) is 20.2 Å². The average Bonchev–Trinajstić information content (AvgIpc) is 2.89. The van der Waals surface area contributed by atoms with Gasteiger partial charge in [-0.2, -0.15) is 0 Å². The zero-order valence-electron chi connectivity index (χ0n) is 12.1. The van der Waals surface area contributed by atoms with Crippen molar-refractivity contribution in [2.45, 2.75) is 46.1 Å². The Morgan fingerprint density at radius 3 is 2.85 bits per heavy atom. The number of benzene rings is 1. The maximum atomic E-state index is 14.3. The smallest absolute Gasteiger partial charge is 0.185 e. The predicted molar refractivity (Wildman–Crippen MR) is 76.6 cm³/mol. The molecule has 2 rings (SSSR count). The van der Waals surface area contributed by atoms with E-state index in [0.717, 1.165) is 19.3 Å². The summed E-state index contributed by atoms with van der Waals surface area (Å²) >= 11 is 0. The Hall–Kier alpha value is -1.98. The van der Waals surface area contributed by atoms with Gasteiger partial charge in [-0.3, -0.25) is 0 Å². The lowest BCUT2D eigenvalue weighted by Gasteiger charge is -2.14. The number of rotatable bonds is 5. The number of hydrogen-bond acceptors (Lipinski definition) is 4. The van der Waals surface area contributed by atoms with Gasteiger partial charge in [0.05, 0.1) is 11.6 Å². The maximum absolute atomic E-state index is 14.3. The van der Waals surface area contributed by atoms with Crippen LogP contribution in [0.4, 0.5) is 10.1 Å². The average molecular weight is 277 g/mol. The van der Waals surface area contributed by atoms with Crippen LogP contribution in [0.3, 0.4) is 0 Å². The van der Waals surface area contributed by atoms with Crippen molar-refractivity contribution in [2.24, 2.45) is 0 Å². The van der Waals surface area contributed by atoms with E-state index in [1.54, 1.807) is 23.7 Å². The number of halogens is 1. The van der Waals surface area contributed by atoms with Crippen molar-refractivity contribution in [3.05, 3.63) is 23.5 Å². The summed E-state index contributed by atoms with van der Waals surface area (Å²) in [4.78, 5) is 0. The molecule has 0 aliphatic rings. The van der Waals surface area contributed by atoms with E-state index in [9.17, 15) is 4.39 Å². The summed E-state index contributed by atoms with van der Waals surface area (Å²) in [7, 11) is 0. The van der Waals surface area contributed by atoms with Gasteiger partial charge < -0.3 is 5.73 Å². The monoisotopic (exact) mass is 277 g/mol. The third-order valence-corrected chi connectivity index (χ3v) is 3.40. The molecule has 1 aromatic heterocycles. The van der Waals surface area contributed by atoms with Gasteiger partial charge in [0, 0.05) is 5.69 Å². The second-order valence-electron chi connectivity index (χ2n) is 5.14. The topological polar surface area (TPSA) is 69.6 Å². The lowest BCUT2D eigenvalue weighted by molar-refractivity contribution is 0.436. The van der Waals surface area contributed by atoms with Gasteiger partial charge in [-0.25, -0.2) is 9.07 Å². The molecule has 6 heteroatoms. The van der Waals surface area contributed by atoms with Crippen molar-refractivity contribution in [3.63, 3.8) is 0 Å². The minimum absolute atomic E-state index is 0.126. The molecule has 0 fully saturated rings. The molecule has 2 aromatic rings. The molecule has 1 unspecified atom stereocenters. The fraction of sp³-hybridized carbons (Fsp3) is 0.500. The summed E-state index contributed by atoms with van der Waals surface area (Å²) < 4.78 is 15.9. The number of anilines is 1. The van der Waals surface area contributed by atoms with Gasteiger partial charge in [-0.05, 0) is 48.4 Å². The SMILES string of the molecule is CCCCC(C)n1nnnc1-c1cc(N)cc(C)c1F. The number of unbranched alkanes of at least 4 members (excludes halogenated alkanes) is 1. The molecule has 1 heterocycles. The molecule has 0 saturated carbocycles. The number of nitrogen functional groups attached to an aromatic ring is 1. The first-order valence-corrected chi connectivity index (χ1v) is 6.88. The molecule has 20 heavy (non-hydrogen) atoms. The van der Waals surface area contributed by atoms with Crippen molar-refractivity contribution >= 4 is 5.69 Å². The first-order chi connectivity index (χ1) is 9.54. The van der Waals surface area contributed by atoms with Gasteiger partial charge in [0.25, 0.3) is 0 Å². The second kappa shape index (κ2) is 5.98. The van der Waals surface area contributed by atoms with Crippen LogP contribution >= 0.6 is 0 Å². The van der Waals surface area contributed by atoms with Gasteiger partial charge in [0.15, 0.2) is 5.82 Å². The molecule has 1 atom stereocenters. The number of tetrazole rings is 1. The molecule has 108 valence electrons. The van der Waals surface area contributed by atoms with E-state index >= 15 is 0 Å². The normalized spacial score (nSPS) is 12.6. The molecular weight excluding hydrogens is 257 g/mol. The van der Waals surface area contributed by atoms with Crippen molar-refractivity contribution in [1.82, 2.24) is 20.2 Å². The molecule has 0 saturated heterocycles. The van der Waals surface area contributed by atoms with Crippen LogP contribution in [0, 0.1) is 12.7 Å². The zero-order chi connectivity index (χ0) is 14.7. The second-order valence-corrected chi connectivity index (χ2v) is 5.14. The Balaban J connectivity index is 2.42. The highest BCUT2D eigenvalue weighted by molar-refractivity contribution is 5.63. The summed E-state index contributed by atoms with van der Waals surface area (Å²) in [6.45, 7) is 5.85. The van der Waals surface area contributed by atoms with Crippen LogP contribution in [0.1, 0.15) is 44.7 Å². The Labute approximate surface area is 118 Å². The third-order valence-electron chi connectivity index (χ3n) is 3.40. The summed E-state index contributed by atoms with van der Waals surface area (Å²) in [6, 6.07) is 3.31. The number of nitrogens with two attached hydrogens (primary N) is 1. The third kappa shape index (κ3) is 2.79. The lowest BCUT2D eigenvalue weighted by Crippen LogP contribution is -2.10. The lowest BCUT2D eigenvalue weighted by atomic mass is 10.1. The van der Waals surface area contributed by atoms with Crippen molar-refractivity contribution in [1.29, 1.82) is 0 Å². The van der Waals surface area contributed by atoms with Gasteiger partial charge in [0.2, 0.25) is 0 Å². The van der Waals surface area contributed by atoms with E-state index in [1.807, 2.05) is 6.92 Å². The minimum atomic E-state index is -0.321. The highest BCUT2D eigenvalue weighted by Crippen LogP contribution is 2.28.